The monoisotopic (exact) mass is 605 g/mol. The minimum atomic E-state index is -3.79. The number of furan rings is 1. The van der Waals surface area contributed by atoms with Gasteiger partial charge in [0.05, 0.1) is 28.9 Å². The number of carbonyl (C=O) groups excluding carboxylic acids is 1. The number of benzene rings is 3. The van der Waals surface area contributed by atoms with Crippen LogP contribution in [0.25, 0.3) is 50.4 Å². The Morgan fingerprint density at radius 2 is 1.65 bits per heavy atom. The Labute approximate surface area is 243 Å². The fourth-order valence-corrected chi connectivity index (χ4v) is 5.35. The first-order valence-corrected chi connectivity index (χ1v) is 14.6. The van der Waals surface area contributed by atoms with E-state index in [4.69, 9.17) is 9.40 Å². The van der Waals surface area contributed by atoms with Crippen LogP contribution in [0.3, 0.4) is 0 Å². The molecular formula is C30H22F3N5O4S. The molecule has 0 aliphatic heterocycles. The first-order valence-electron chi connectivity index (χ1n) is 12.8. The van der Waals surface area contributed by atoms with E-state index in [2.05, 4.69) is 10.3 Å². The molecule has 0 unspecified atom stereocenters. The Kier molecular flexibility index (Phi) is 6.69. The summed E-state index contributed by atoms with van der Waals surface area (Å²) in [5.41, 5.74) is 2.39. The second-order valence-electron chi connectivity index (χ2n) is 9.77. The molecule has 3 aromatic carbocycles. The van der Waals surface area contributed by atoms with Crippen molar-refractivity contribution in [2.24, 2.45) is 0 Å². The lowest BCUT2D eigenvalue weighted by atomic mass is 10.0. The van der Waals surface area contributed by atoms with Gasteiger partial charge < -0.3 is 9.73 Å². The number of sulfonamides is 1. The third kappa shape index (κ3) is 4.97. The fraction of sp³-hybridized carbons (Fsp3) is 0.100. The molecule has 0 saturated heterocycles. The molecule has 13 heteroatoms. The summed E-state index contributed by atoms with van der Waals surface area (Å²) < 4.78 is 75.7. The molecule has 0 spiro atoms. The Bertz CT molecular complexity index is 2160. The van der Waals surface area contributed by atoms with Gasteiger partial charge in [0.15, 0.2) is 5.65 Å². The summed E-state index contributed by atoms with van der Waals surface area (Å²) in [7, 11) is -0.971. The standard InChI is InChI=1S/C30H22F3N5O4S/c1-34-30(39)27-22-13-21(23-8-9-24-29(36-23)38(15-35-24)20-11-18(32)10-19(33)12-20)25(37(2)43(3,40)41)14-26(22)42-28(27)16-4-6-17(31)7-5-16/h4-15H,1-3H3,(H,34,39). The molecule has 0 aliphatic carbocycles. The van der Waals surface area contributed by atoms with E-state index in [9.17, 15) is 26.4 Å². The van der Waals surface area contributed by atoms with Crippen LogP contribution in [-0.4, -0.2) is 49.2 Å². The summed E-state index contributed by atoms with van der Waals surface area (Å²) in [6.45, 7) is 0. The summed E-state index contributed by atoms with van der Waals surface area (Å²) in [5.74, 6) is -2.36. The molecular weight excluding hydrogens is 583 g/mol. The number of pyridine rings is 1. The number of anilines is 1. The maximum Gasteiger partial charge on any atom is 0.255 e. The van der Waals surface area contributed by atoms with Crippen molar-refractivity contribution in [3.8, 4) is 28.3 Å². The van der Waals surface area contributed by atoms with Crippen molar-refractivity contribution in [2.75, 3.05) is 24.7 Å². The van der Waals surface area contributed by atoms with Crippen molar-refractivity contribution in [3.05, 3.63) is 96.1 Å². The minimum absolute atomic E-state index is 0.147. The number of halogens is 3. The van der Waals surface area contributed by atoms with E-state index in [0.717, 1.165) is 28.8 Å². The molecule has 0 radical (unpaired) electrons. The molecule has 1 amide bonds. The number of fused-ring (bicyclic) bond motifs is 2. The highest BCUT2D eigenvalue weighted by Gasteiger charge is 2.26. The van der Waals surface area contributed by atoms with Crippen LogP contribution < -0.4 is 9.62 Å². The van der Waals surface area contributed by atoms with E-state index in [1.54, 1.807) is 18.2 Å². The number of amides is 1. The smallest absolute Gasteiger partial charge is 0.255 e. The van der Waals surface area contributed by atoms with Crippen LogP contribution in [0.4, 0.5) is 18.9 Å². The number of rotatable bonds is 6. The molecule has 0 atom stereocenters. The number of imidazole rings is 1. The Balaban J connectivity index is 1.64. The molecule has 6 aromatic rings. The summed E-state index contributed by atoms with van der Waals surface area (Å²) in [6, 6.07) is 14.7. The van der Waals surface area contributed by atoms with Gasteiger partial charge in [0, 0.05) is 42.7 Å². The predicted octanol–water partition coefficient (Wildman–Crippen LogP) is 5.67. The summed E-state index contributed by atoms with van der Waals surface area (Å²) >= 11 is 0. The van der Waals surface area contributed by atoms with E-state index in [1.807, 2.05) is 0 Å². The van der Waals surface area contributed by atoms with Crippen molar-refractivity contribution in [3.63, 3.8) is 0 Å². The zero-order chi connectivity index (χ0) is 30.6. The van der Waals surface area contributed by atoms with E-state index in [-0.39, 0.29) is 39.6 Å². The highest BCUT2D eigenvalue weighted by Crippen LogP contribution is 2.41. The molecule has 43 heavy (non-hydrogen) atoms. The molecule has 9 nitrogen and oxygen atoms in total. The molecule has 218 valence electrons. The van der Waals surface area contributed by atoms with Gasteiger partial charge in [-0.05, 0) is 54.6 Å². The van der Waals surface area contributed by atoms with Crippen LogP contribution in [-0.2, 0) is 10.0 Å². The maximum absolute atomic E-state index is 14.0. The van der Waals surface area contributed by atoms with Crippen molar-refractivity contribution in [1.82, 2.24) is 19.9 Å². The predicted molar refractivity (Wildman–Crippen MR) is 156 cm³/mol. The van der Waals surface area contributed by atoms with Crippen LogP contribution in [0, 0.1) is 17.5 Å². The van der Waals surface area contributed by atoms with Crippen molar-refractivity contribution >= 4 is 43.8 Å². The van der Waals surface area contributed by atoms with E-state index >= 15 is 0 Å². The largest absolute Gasteiger partial charge is 0.455 e. The van der Waals surface area contributed by atoms with Gasteiger partial charge in [-0.15, -0.1) is 0 Å². The molecule has 3 aromatic heterocycles. The summed E-state index contributed by atoms with van der Waals surface area (Å²) in [6.07, 6.45) is 2.41. The van der Waals surface area contributed by atoms with Gasteiger partial charge >= 0.3 is 0 Å². The van der Waals surface area contributed by atoms with Gasteiger partial charge in [-0.25, -0.2) is 31.6 Å². The van der Waals surface area contributed by atoms with Crippen LogP contribution in [0.2, 0.25) is 0 Å². The first kappa shape index (κ1) is 28.0. The van der Waals surface area contributed by atoms with Gasteiger partial charge in [0.25, 0.3) is 5.91 Å². The molecule has 3 heterocycles. The Hall–Kier alpha value is -5.17. The lowest BCUT2D eigenvalue weighted by molar-refractivity contribution is 0.0964. The zero-order valence-corrected chi connectivity index (χ0v) is 23.7. The van der Waals surface area contributed by atoms with Gasteiger partial charge in [0.2, 0.25) is 10.0 Å². The van der Waals surface area contributed by atoms with Gasteiger partial charge in [0.1, 0.15) is 40.6 Å². The number of hydrogen-bond acceptors (Lipinski definition) is 6. The highest BCUT2D eigenvalue weighted by molar-refractivity contribution is 7.92. The van der Waals surface area contributed by atoms with Crippen LogP contribution in [0.1, 0.15) is 10.4 Å². The zero-order valence-electron chi connectivity index (χ0n) is 22.9. The molecule has 0 aliphatic rings. The van der Waals surface area contributed by atoms with E-state index in [1.165, 1.54) is 55.3 Å². The molecule has 0 saturated carbocycles. The number of nitrogens with zero attached hydrogens (tertiary/aromatic N) is 4. The number of aromatic nitrogens is 3. The Morgan fingerprint density at radius 3 is 2.30 bits per heavy atom. The number of nitrogens with one attached hydrogen (secondary N) is 1. The third-order valence-corrected chi connectivity index (χ3v) is 8.19. The fourth-order valence-electron chi connectivity index (χ4n) is 4.84. The molecule has 6 rings (SSSR count). The number of carbonyl (C=O) groups is 1. The summed E-state index contributed by atoms with van der Waals surface area (Å²) in [5, 5.41) is 2.94. The van der Waals surface area contributed by atoms with Crippen molar-refractivity contribution in [2.45, 2.75) is 0 Å². The summed E-state index contributed by atoms with van der Waals surface area (Å²) in [4.78, 5) is 22.1. The second-order valence-corrected chi connectivity index (χ2v) is 11.8. The molecule has 1 N–H and O–H groups in total. The lowest BCUT2D eigenvalue weighted by Crippen LogP contribution is -2.25. The van der Waals surface area contributed by atoms with Gasteiger partial charge in [-0.2, -0.15) is 0 Å². The maximum atomic E-state index is 14.0. The van der Waals surface area contributed by atoms with Crippen molar-refractivity contribution < 1.29 is 30.8 Å². The third-order valence-electron chi connectivity index (χ3n) is 7.00. The van der Waals surface area contributed by atoms with Gasteiger partial charge in [-0.3, -0.25) is 13.7 Å². The average molecular weight is 606 g/mol. The second kappa shape index (κ2) is 10.3. The molecule has 0 fully saturated rings. The average Bonchev–Trinajstić information content (AvgIpc) is 3.56. The Morgan fingerprint density at radius 1 is 0.953 bits per heavy atom. The first-order chi connectivity index (χ1) is 20.4. The van der Waals surface area contributed by atoms with Crippen LogP contribution in [0.5, 0.6) is 0 Å². The van der Waals surface area contributed by atoms with E-state index in [0.29, 0.717) is 22.0 Å². The SMILES string of the molecule is CNC(=O)c1c(-c2ccc(F)cc2)oc2cc(N(C)S(C)(=O)=O)c(-c3ccc4ncn(-c5cc(F)cc(F)c5)c4n3)cc12. The van der Waals surface area contributed by atoms with Gasteiger partial charge in [-0.1, -0.05) is 0 Å². The molecule has 0 bridgehead atoms. The van der Waals surface area contributed by atoms with E-state index < -0.39 is 33.4 Å². The minimum Gasteiger partial charge on any atom is -0.455 e. The topological polar surface area (TPSA) is 110 Å². The quantitative estimate of drug-likeness (QED) is 0.262. The van der Waals surface area contributed by atoms with Crippen molar-refractivity contribution in [1.29, 1.82) is 0 Å². The lowest BCUT2D eigenvalue weighted by Gasteiger charge is -2.20. The number of hydrogen-bond donors (Lipinski definition) is 1. The highest BCUT2D eigenvalue weighted by atomic mass is 32.2. The van der Waals surface area contributed by atoms with Crippen LogP contribution >= 0.6 is 0 Å². The normalized spacial score (nSPS) is 11.8. The van der Waals surface area contributed by atoms with Crippen LogP contribution in [0.15, 0.2) is 77.5 Å².